The first-order valence-corrected chi connectivity index (χ1v) is 7.76. The van der Waals surface area contributed by atoms with Crippen LogP contribution in [0.3, 0.4) is 0 Å². The van der Waals surface area contributed by atoms with Crippen molar-refractivity contribution < 1.29 is 4.79 Å². The number of aromatic amines is 1. The molecule has 0 atom stereocenters. The molecule has 0 aliphatic heterocycles. The third-order valence-electron chi connectivity index (χ3n) is 3.69. The monoisotopic (exact) mass is 314 g/mol. The summed E-state index contributed by atoms with van der Waals surface area (Å²) in [6.45, 7) is 7.71. The molecule has 0 fully saturated rings. The predicted octanol–water partition coefficient (Wildman–Crippen LogP) is 1.54. The van der Waals surface area contributed by atoms with E-state index in [2.05, 4.69) is 46.4 Å². The minimum Gasteiger partial charge on any atom is -0.347 e. The van der Waals surface area contributed by atoms with Crippen LogP contribution >= 0.6 is 0 Å². The van der Waals surface area contributed by atoms with Gasteiger partial charge in [-0.25, -0.2) is 5.10 Å². The molecule has 1 aromatic carbocycles. The molecule has 0 aliphatic rings. The van der Waals surface area contributed by atoms with E-state index in [1.165, 1.54) is 17.7 Å². The Bertz CT molecular complexity index is 670. The van der Waals surface area contributed by atoms with E-state index in [1.807, 2.05) is 12.1 Å². The zero-order valence-electron chi connectivity index (χ0n) is 13.5. The smallest absolute Gasteiger partial charge is 0.271 e. The first-order valence-electron chi connectivity index (χ1n) is 7.76. The highest BCUT2D eigenvalue weighted by Gasteiger charge is 2.07. The summed E-state index contributed by atoms with van der Waals surface area (Å²) in [6, 6.07) is 10.9. The molecule has 1 aromatic heterocycles. The molecule has 1 heterocycles. The molecule has 23 heavy (non-hydrogen) atoms. The summed E-state index contributed by atoms with van der Waals surface area (Å²) >= 11 is 0. The molecule has 122 valence electrons. The van der Waals surface area contributed by atoms with Crippen molar-refractivity contribution in [3.63, 3.8) is 0 Å². The normalized spacial score (nSPS) is 10.7. The van der Waals surface area contributed by atoms with Gasteiger partial charge in [0, 0.05) is 19.2 Å². The summed E-state index contributed by atoms with van der Waals surface area (Å²) in [7, 11) is 0. The van der Waals surface area contributed by atoms with Gasteiger partial charge in [-0.3, -0.25) is 14.5 Å². The lowest BCUT2D eigenvalue weighted by Gasteiger charge is -2.18. The van der Waals surface area contributed by atoms with Gasteiger partial charge in [-0.2, -0.15) is 5.10 Å². The van der Waals surface area contributed by atoms with Gasteiger partial charge < -0.3 is 5.32 Å². The molecule has 1 amide bonds. The van der Waals surface area contributed by atoms with Crippen molar-refractivity contribution in [2.45, 2.75) is 26.9 Å². The molecule has 2 rings (SSSR count). The molecule has 6 heteroatoms. The largest absolute Gasteiger partial charge is 0.347 e. The summed E-state index contributed by atoms with van der Waals surface area (Å²) in [6.07, 6.45) is 0. The third-order valence-corrected chi connectivity index (χ3v) is 3.69. The second kappa shape index (κ2) is 8.24. The lowest BCUT2D eigenvalue weighted by molar-refractivity contribution is 0.0945. The van der Waals surface area contributed by atoms with Crippen LogP contribution in [0.15, 0.2) is 41.2 Å². The molecule has 0 saturated heterocycles. The van der Waals surface area contributed by atoms with Gasteiger partial charge in [0.05, 0.1) is 0 Å². The molecule has 0 aliphatic carbocycles. The van der Waals surface area contributed by atoms with E-state index in [1.54, 1.807) is 0 Å². The number of hydrogen-bond donors (Lipinski definition) is 2. The van der Waals surface area contributed by atoms with Crippen LogP contribution < -0.4 is 10.9 Å². The molecule has 6 nitrogen and oxygen atoms in total. The highest BCUT2D eigenvalue weighted by atomic mass is 16.2. The highest BCUT2D eigenvalue weighted by molar-refractivity contribution is 5.91. The highest BCUT2D eigenvalue weighted by Crippen LogP contribution is 2.07. The second-order valence-electron chi connectivity index (χ2n) is 5.27. The lowest BCUT2D eigenvalue weighted by atomic mass is 10.1. The minimum absolute atomic E-state index is 0.197. The van der Waals surface area contributed by atoms with Gasteiger partial charge in [0.25, 0.3) is 11.5 Å². The van der Waals surface area contributed by atoms with Gasteiger partial charge in [-0.1, -0.05) is 38.1 Å². The third kappa shape index (κ3) is 5.03. The fraction of sp³-hybridized carbons (Fsp3) is 0.353. The average Bonchev–Trinajstić information content (AvgIpc) is 2.59. The number of carbonyl (C=O) groups is 1. The number of H-pyrrole nitrogens is 1. The SMILES string of the molecule is CCN(CC)Cc1ccc(CNC(=O)c2ccc(=O)[nH]n2)cc1. The minimum atomic E-state index is -0.328. The lowest BCUT2D eigenvalue weighted by Crippen LogP contribution is -2.25. The van der Waals surface area contributed by atoms with Gasteiger partial charge in [-0.15, -0.1) is 0 Å². The first kappa shape index (κ1) is 16.9. The van der Waals surface area contributed by atoms with Gasteiger partial charge in [-0.05, 0) is 30.3 Å². The quantitative estimate of drug-likeness (QED) is 0.812. The average molecular weight is 314 g/mol. The summed E-state index contributed by atoms with van der Waals surface area (Å²) in [5, 5.41) is 8.73. The van der Waals surface area contributed by atoms with Crippen LogP contribution in [0.25, 0.3) is 0 Å². The fourth-order valence-corrected chi connectivity index (χ4v) is 2.21. The zero-order valence-corrected chi connectivity index (χ0v) is 13.5. The molecule has 2 N–H and O–H groups in total. The van der Waals surface area contributed by atoms with Crippen molar-refractivity contribution in [2.75, 3.05) is 13.1 Å². The van der Waals surface area contributed by atoms with E-state index in [-0.39, 0.29) is 17.2 Å². The van der Waals surface area contributed by atoms with Crippen LogP contribution in [0, 0.1) is 0 Å². The van der Waals surface area contributed by atoms with E-state index in [0.29, 0.717) is 6.54 Å². The van der Waals surface area contributed by atoms with Crippen molar-refractivity contribution in [3.05, 3.63) is 63.6 Å². The Kier molecular flexibility index (Phi) is 6.05. The number of amides is 1. The second-order valence-corrected chi connectivity index (χ2v) is 5.27. The van der Waals surface area contributed by atoms with E-state index in [9.17, 15) is 9.59 Å². The standard InChI is InChI=1S/C17H22N4O2/c1-3-21(4-2)12-14-7-5-13(6-8-14)11-18-17(23)15-9-10-16(22)20-19-15/h5-10H,3-4,11-12H2,1-2H3,(H,18,23)(H,20,22). The zero-order chi connectivity index (χ0) is 16.7. The Balaban J connectivity index is 1.89. The van der Waals surface area contributed by atoms with E-state index >= 15 is 0 Å². The maximum absolute atomic E-state index is 11.9. The molecule has 0 bridgehead atoms. The van der Waals surface area contributed by atoms with Crippen molar-refractivity contribution in [1.82, 2.24) is 20.4 Å². The number of benzene rings is 1. The topological polar surface area (TPSA) is 78.1 Å². The molecule has 0 unspecified atom stereocenters. The van der Waals surface area contributed by atoms with E-state index < -0.39 is 0 Å². The maximum atomic E-state index is 11.9. The number of nitrogens with zero attached hydrogens (tertiary/aromatic N) is 2. The summed E-state index contributed by atoms with van der Waals surface area (Å²) in [5.41, 5.74) is 2.14. The number of aromatic nitrogens is 2. The Morgan fingerprint density at radius 3 is 2.30 bits per heavy atom. The van der Waals surface area contributed by atoms with Crippen LogP contribution in [-0.2, 0) is 13.1 Å². The van der Waals surface area contributed by atoms with Crippen LogP contribution in [0.1, 0.15) is 35.5 Å². The number of carbonyl (C=O) groups excluding carboxylic acids is 1. The van der Waals surface area contributed by atoms with Gasteiger partial charge in [0.15, 0.2) is 0 Å². The van der Waals surface area contributed by atoms with Crippen molar-refractivity contribution >= 4 is 5.91 Å². The Hall–Kier alpha value is -2.47. The van der Waals surface area contributed by atoms with Crippen molar-refractivity contribution in [3.8, 4) is 0 Å². The molecule has 0 saturated carbocycles. The van der Waals surface area contributed by atoms with Gasteiger partial charge in [0.1, 0.15) is 5.69 Å². The molecule has 0 radical (unpaired) electrons. The maximum Gasteiger partial charge on any atom is 0.271 e. The molecule has 2 aromatic rings. The van der Waals surface area contributed by atoms with E-state index in [4.69, 9.17) is 0 Å². The molecule has 0 spiro atoms. The van der Waals surface area contributed by atoms with Crippen LogP contribution in [0.5, 0.6) is 0 Å². The number of nitrogens with one attached hydrogen (secondary N) is 2. The van der Waals surface area contributed by atoms with Crippen molar-refractivity contribution in [1.29, 1.82) is 0 Å². The first-order chi connectivity index (χ1) is 11.1. The predicted molar refractivity (Wildman–Crippen MR) is 89.1 cm³/mol. The summed E-state index contributed by atoms with van der Waals surface area (Å²) in [4.78, 5) is 25.2. The number of rotatable bonds is 7. The van der Waals surface area contributed by atoms with Crippen LogP contribution in [0.4, 0.5) is 0 Å². The van der Waals surface area contributed by atoms with E-state index in [0.717, 1.165) is 25.2 Å². The number of hydrogen-bond acceptors (Lipinski definition) is 4. The van der Waals surface area contributed by atoms with Gasteiger partial charge in [0.2, 0.25) is 0 Å². The van der Waals surface area contributed by atoms with Gasteiger partial charge >= 0.3 is 0 Å². The molecular formula is C17H22N4O2. The molecular weight excluding hydrogens is 292 g/mol. The Morgan fingerprint density at radius 2 is 1.74 bits per heavy atom. The summed E-state index contributed by atoms with van der Waals surface area (Å²) < 4.78 is 0. The van der Waals surface area contributed by atoms with Crippen LogP contribution in [-0.4, -0.2) is 34.1 Å². The Labute approximate surface area is 135 Å². The van der Waals surface area contributed by atoms with Crippen LogP contribution in [0.2, 0.25) is 0 Å². The Morgan fingerprint density at radius 1 is 1.09 bits per heavy atom. The fourth-order valence-electron chi connectivity index (χ4n) is 2.21. The van der Waals surface area contributed by atoms with Crippen molar-refractivity contribution in [2.24, 2.45) is 0 Å². The summed E-state index contributed by atoms with van der Waals surface area (Å²) in [5.74, 6) is -0.312.